The van der Waals surface area contributed by atoms with E-state index in [1.807, 2.05) is 13.8 Å². The second-order valence-electron chi connectivity index (χ2n) is 4.13. The molecule has 0 bridgehead atoms. The molecule has 0 aliphatic heterocycles. The van der Waals surface area contributed by atoms with Crippen molar-refractivity contribution in [1.82, 2.24) is 10.6 Å². The number of benzene rings is 1. The summed E-state index contributed by atoms with van der Waals surface area (Å²) in [5.74, 6) is -0.385. The van der Waals surface area contributed by atoms with Gasteiger partial charge in [-0.15, -0.1) is 0 Å². The van der Waals surface area contributed by atoms with E-state index in [2.05, 4.69) is 10.6 Å². The molecule has 1 atom stereocenters. The monoisotopic (exact) mass is 288 g/mol. The van der Waals surface area contributed by atoms with Gasteiger partial charge in [-0.25, -0.2) is 4.39 Å². The maximum atomic E-state index is 12.9. The third-order valence-corrected chi connectivity index (χ3v) is 2.71. The van der Waals surface area contributed by atoms with Crippen LogP contribution in [0.5, 0.6) is 5.75 Å². The predicted octanol–water partition coefficient (Wildman–Crippen LogP) is 1.97. The summed E-state index contributed by atoms with van der Waals surface area (Å²) in [7, 11) is 0. The Bertz CT molecular complexity index is 429. The van der Waals surface area contributed by atoms with Gasteiger partial charge in [-0.05, 0) is 25.6 Å². The largest absolute Gasteiger partial charge is 0.484 e. The van der Waals surface area contributed by atoms with Crippen molar-refractivity contribution < 1.29 is 13.9 Å². The molecule has 0 spiro atoms. The Kier molecular flexibility index (Phi) is 6.59. The molecule has 0 unspecified atom stereocenters. The van der Waals surface area contributed by atoms with Gasteiger partial charge in [-0.2, -0.15) is 0 Å². The molecular weight excluding hydrogens is 271 g/mol. The van der Waals surface area contributed by atoms with Crippen LogP contribution in [0.1, 0.15) is 13.8 Å². The van der Waals surface area contributed by atoms with Crippen LogP contribution in [-0.2, 0) is 4.79 Å². The van der Waals surface area contributed by atoms with Crippen molar-refractivity contribution in [3.05, 3.63) is 29.0 Å². The summed E-state index contributed by atoms with van der Waals surface area (Å²) in [6.45, 7) is 5.23. The third-order valence-electron chi connectivity index (χ3n) is 2.42. The van der Waals surface area contributed by atoms with Crippen molar-refractivity contribution in [2.45, 2.75) is 19.9 Å². The standard InChI is InChI=1S/C13H18ClFN2O2/c1-3-16-9(2)7-17-13(18)8-19-10-4-5-12(15)11(14)6-10/h4-6,9,16H,3,7-8H2,1-2H3,(H,17,18)/t9-/m1/s1. The Morgan fingerprint density at radius 1 is 1.53 bits per heavy atom. The highest BCUT2D eigenvalue weighted by atomic mass is 35.5. The summed E-state index contributed by atoms with van der Waals surface area (Å²) in [6, 6.07) is 4.17. The normalized spacial score (nSPS) is 12.0. The van der Waals surface area contributed by atoms with E-state index in [0.29, 0.717) is 12.3 Å². The van der Waals surface area contributed by atoms with E-state index in [1.165, 1.54) is 18.2 Å². The molecule has 0 fully saturated rings. The molecule has 0 saturated heterocycles. The lowest BCUT2D eigenvalue weighted by Gasteiger charge is -2.13. The Labute approximate surface area is 117 Å². The summed E-state index contributed by atoms with van der Waals surface area (Å²) < 4.78 is 18.1. The zero-order valence-corrected chi connectivity index (χ0v) is 11.8. The minimum Gasteiger partial charge on any atom is -0.484 e. The van der Waals surface area contributed by atoms with Crippen molar-refractivity contribution in [2.24, 2.45) is 0 Å². The number of hydrogen-bond donors (Lipinski definition) is 2. The van der Waals surface area contributed by atoms with Gasteiger partial charge in [-0.3, -0.25) is 4.79 Å². The molecule has 19 heavy (non-hydrogen) atoms. The smallest absolute Gasteiger partial charge is 0.257 e. The molecule has 1 amide bonds. The van der Waals surface area contributed by atoms with Gasteiger partial charge in [0.1, 0.15) is 11.6 Å². The molecule has 0 saturated carbocycles. The zero-order valence-electron chi connectivity index (χ0n) is 11.0. The van der Waals surface area contributed by atoms with Crippen molar-refractivity contribution >= 4 is 17.5 Å². The van der Waals surface area contributed by atoms with Gasteiger partial charge in [-0.1, -0.05) is 18.5 Å². The van der Waals surface area contributed by atoms with Gasteiger partial charge in [0.15, 0.2) is 6.61 Å². The second-order valence-corrected chi connectivity index (χ2v) is 4.53. The molecular formula is C13H18ClFN2O2. The zero-order chi connectivity index (χ0) is 14.3. The van der Waals surface area contributed by atoms with Crippen molar-refractivity contribution in [3.8, 4) is 5.75 Å². The number of carbonyl (C=O) groups excluding carboxylic acids is 1. The van der Waals surface area contributed by atoms with E-state index in [9.17, 15) is 9.18 Å². The first kappa shape index (κ1) is 15.7. The average Bonchev–Trinajstić information content (AvgIpc) is 2.38. The second kappa shape index (κ2) is 7.96. The van der Waals surface area contributed by atoms with Crippen LogP contribution in [0.4, 0.5) is 4.39 Å². The fourth-order valence-electron chi connectivity index (χ4n) is 1.45. The lowest BCUT2D eigenvalue weighted by Crippen LogP contribution is -2.40. The van der Waals surface area contributed by atoms with Crippen molar-refractivity contribution in [3.63, 3.8) is 0 Å². The van der Waals surface area contributed by atoms with Crippen LogP contribution >= 0.6 is 11.6 Å². The number of carbonyl (C=O) groups is 1. The van der Waals surface area contributed by atoms with Gasteiger partial charge >= 0.3 is 0 Å². The van der Waals surface area contributed by atoms with E-state index in [4.69, 9.17) is 16.3 Å². The first-order valence-corrected chi connectivity index (χ1v) is 6.48. The molecule has 106 valence electrons. The number of nitrogens with one attached hydrogen (secondary N) is 2. The summed E-state index contributed by atoms with van der Waals surface area (Å²) in [4.78, 5) is 11.5. The maximum absolute atomic E-state index is 12.9. The van der Waals surface area contributed by atoms with Crippen LogP contribution in [0.25, 0.3) is 0 Å². The Balaban J connectivity index is 2.31. The topological polar surface area (TPSA) is 50.4 Å². The quantitative estimate of drug-likeness (QED) is 0.806. The molecule has 6 heteroatoms. The van der Waals surface area contributed by atoms with Gasteiger partial charge in [0.2, 0.25) is 0 Å². The van der Waals surface area contributed by atoms with E-state index >= 15 is 0 Å². The number of ether oxygens (including phenoxy) is 1. The van der Waals surface area contributed by atoms with E-state index < -0.39 is 5.82 Å². The highest BCUT2D eigenvalue weighted by Crippen LogP contribution is 2.20. The Morgan fingerprint density at radius 2 is 2.26 bits per heavy atom. The molecule has 1 rings (SSSR count). The summed E-state index contributed by atoms with van der Waals surface area (Å²) >= 11 is 5.60. The molecule has 1 aromatic carbocycles. The summed E-state index contributed by atoms with van der Waals surface area (Å²) in [5.41, 5.74) is 0. The number of rotatable bonds is 7. The Morgan fingerprint density at radius 3 is 2.89 bits per heavy atom. The predicted molar refractivity (Wildman–Crippen MR) is 73.1 cm³/mol. The SMILES string of the molecule is CCN[C@H](C)CNC(=O)COc1ccc(F)c(Cl)c1. The van der Waals surface area contributed by atoms with Crippen LogP contribution in [0.15, 0.2) is 18.2 Å². The van der Waals surface area contributed by atoms with E-state index in [1.54, 1.807) is 0 Å². The van der Waals surface area contributed by atoms with Gasteiger partial charge in [0.05, 0.1) is 5.02 Å². The number of likely N-dealkylation sites (N-methyl/N-ethyl adjacent to an activating group) is 1. The van der Waals surface area contributed by atoms with Crippen LogP contribution in [0, 0.1) is 5.82 Å². The van der Waals surface area contributed by atoms with E-state index in [-0.39, 0.29) is 23.6 Å². The Hall–Kier alpha value is -1.33. The van der Waals surface area contributed by atoms with Crippen LogP contribution < -0.4 is 15.4 Å². The molecule has 0 heterocycles. The molecule has 0 aliphatic rings. The molecule has 1 aromatic rings. The number of amides is 1. The van der Waals surface area contributed by atoms with Gasteiger partial charge in [0, 0.05) is 18.7 Å². The van der Waals surface area contributed by atoms with Gasteiger partial charge < -0.3 is 15.4 Å². The van der Waals surface area contributed by atoms with Crippen LogP contribution in [-0.4, -0.2) is 31.6 Å². The summed E-state index contributed by atoms with van der Waals surface area (Å²) in [6.07, 6.45) is 0. The van der Waals surface area contributed by atoms with Crippen molar-refractivity contribution in [2.75, 3.05) is 19.7 Å². The number of halogens is 2. The third kappa shape index (κ3) is 5.89. The van der Waals surface area contributed by atoms with E-state index in [0.717, 1.165) is 6.54 Å². The highest BCUT2D eigenvalue weighted by molar-refractivity contribution is 6.30. The lowest BCUT2D eigenvalue weighted by atomic mass is 10.3. The first-order chi connectivity index (χ1) is 9.02. The summed E-state index contributed by atoms with van der Waals surface area (Å²) in [5, 5.41) is 5.87. The molecule has 0 aromatic heterocycles. The minimum absolute atomic E-state index is 0.0290. The molecule has 4 nitrogen and oxygen atoms in total. The molecule has 0 radical (unpaired) electrons. The lowest BCUT2D eigenvalue weighted by molar-refractivity contribution is -0.123. The first-order valence-electron chi connectivity index (χ1n) is 6.10. The minimum atomic E-state index is -0.516. The maximum Gasteiger partial charge on any atom is 0.257 e. The number of hydrogen-bond acceptors (Lipinski definition) is 3. The fourth-order valence-corrected chi connectivity index (χ4v) is 1.62. The van der Waals surface area contributed by atoms with Gasteiger partial charge in [0.25, 0.3) is 5.91 Å². The molecule has 0 aliphatic carbocycles. The highest BCUT2D eigenvalue weighted by Gasteiger charge is 2.06. The van der Waals surface area contributed by atoms with Crippen LogP contribution in [0.2, 0.25) is 5.02 Å². The fraction of sp³-hybridized carbons (Fsp3) is 0.462. The molecule has 2 N–H and O–H groups in total. The van der Waals surface area contributed by atoms with Crippen LogP contribution in [0.3, 0.4) is 0 Å². The average molecular weight is 289 g/mol. The van der Waals surface area contributed by atoms with Crippen molar-refractivity contribution in [1.29, 1.82) is 0 Å².